The van der Waals surface area contributed by atoms with Crippen LogP contribution >= 0.6 is 0 Å². The molecule has 2 rings (SSSR count). The third-order valence-corrected chi connectivity index (χ3v) is 4.02. The molecule has 0 spiro atoms. The van der Waals surface area contributed by atoms with Crippen LogP contribution in [-0.2, 0) is 0 Å². The highest BCUT2D eigenvalue weighted by Crippen LogP contribution is 2.32. The van der Waals surface area contributed by atoms with Crippen molar-refractivity contribution in [3.63, 3.8) is 0 Å². The molecule has 2 nitrogen and oxygen atoms in total. The molecule has 1 aromatic heterocycles. The molecule has 18 heavy (non-hydrogen) atoms. The Morgan fingerprint density at radius 3 is 2.44 bits per heavy atom. The van der Waals surface area contributed by atoms with Gasteiger partial charge in [0.05, 0.1) is 6.20 Å². The molecular weight excluding hydrogens is 227 g/mol. The third-order valence-electron chi connectivity index (χ3n) is 4.02. The normalized spacial score (nSPS) is 20.1. The molecule has 0 aliphatic heterocycles. The smallest absolute Gasteiger partial charge is 0.141 e. The van der Waals surface area contributed by atoms with Crippen LogP contribution < -0.4 is 5.32 Å². The van der Waals surface area contributed by atoms with Crippen molar-refractivity contribution in [3.05, 3.63) is 29.8 Å². The molecule has 3 heteroatoms. The van der Waals surface area contributed by atoms with Crippen LogP contribution in [0.4, 0.5) is 4.39 Å². The van der Waals surface area contributed by atoms with Crippen molar-refractivity contribution in [3.8, 4) is 0 Å². The first-order valence-corrected chi connectivity index (χ1v) is 7.09. The Balaban J connectivity index is 2.10. The first-order chi connectivity index (χ1) is 8.81. The fourth-order valence-electron chi connectivity index (χ4n) is 3.09. The van der Waals surface area contributed by atoms with Gasteiger partial charge < -0.3 is 5.32 Å². The molecule has 1 unspecified atom stereocenters. The summed E-state index contributed by atoms with van der Waals surface area (Å²) in [6.07, 6.45) is 12.2. The summed E-state index contributed by atoms with van der Waals surface area (Å²) in [5.41, 5.74) is 0.989. The van der Waals surface area contributed by atoms with Gasteiger partial charge in [-0.2, -0.15) is 0 Å². The van der Waals surface area contributed by atoms with Gasteiger partial charge in [0.15, 0.2) is 0 Å². The predicted octanol–water partition coefficient (Wildman–Crippen LogP) is 3.84. The van der Waals surface area contributed by atoms with Crippen LogP contribution in [0.2, 0.25) is 0 Å². The second-order valence-electron chi connectivity index (χ2n) is 5.31. The van der Waals surface area contributed by atoms with Gasteiger partial charge in [-0.05, 0) is 37.4 Å². The van der Waals surface area contributed by atoms with Crippen LogP contribution in [0.5, 0.6) is 0 Å². The van der Waals surface area contributed by atoms with E-state index < -0.39 is 0 Å². The number of rotatable bonds is 3. The monoisotopic (exact) mass is 250 g/mol. The molecule has 1 fully saturated rings. The lowest BCUT2D eigenvalue weighted by Gasteiger charge is -2.28. The zero-order chi connectivity index (χ0) is 12.8. The van der Waals surface area contributed by atoms with Crippen molar-refractivity contribution in [2.75, 3.05) is 7.05 Å². The van der Waals surface area contributed by atoms with Gasteiger partial charge in [0.1, 0.15) is 5.82 Å². The first kappa shape index (κ1) is 13.5. The van der Waals surface area contributed by atoms with E-state index >= 15 is 0 Å². The summed E-state index contributed by atoms with van der Waals surface area (Å²) in [7, 11) is 1.97. The topological polar surface area (TPSA) is 24.9 Å². The number of hydrogen-bond acceptors (Lipinski definition) is 2. The number of nitrogens with one attached hydrogen (secondary N) is 1. The summed E-state index contributed by atoms with van der Waals surface area (Å²) >= 11 is 0. The highest BCUT2D eigenvalue weighted by molar-refractivity contribution is 5.16. The Labute approximate surface area is 109 Å². The lowest BCUT2D eigenvalue weighted by Crippen LogP contribution is -2.26. The van der Waals surface area contributed by atoms with Crippen molar-refractivity contribution in [2.24, 2.45) is 5.92 Å². The van der Waals surface area contributed by atoms with Gasteiger partial charge in [-0.3, -0.25) is 4.98 Å². The van der Waals surface area contributed by atoms with Gasteiger partial charge >= 0.3 is 0 Å². The van der Waals surface area contributed by atoms with Crippen LogP contribution in [-0.4, -0.2) is 12.0 Å². The molecule has 0 bridgehead atoms. The summed E-state index contributed by atoms with van der Waals surface area (Å²) in [5, 5.41) is 3.36. The van der Waals surface area contributed by atoms with E-state index in [4.69, 9.17) is 0 Å². The third kappa shape index (κ3) is 3.52. The van der Waals surface area contributed by atoms with Gasteiger partial charge in [0, 0.05) is 12.2 Å². The molecule has 1 saturated carbocycles. The molecule has 1 atom stereocenters. The van der Waals surface area contributed by atoms with E-state index in [1.54, 1.807) is 12.3 Å². The first-order valence-electron chi connectivity index (χ1n) is 7.09. The number of pyridine rings is 1. The van der Waals surface area contributed by atoms with Gasteiger partial charge in [-0.15, -0.1) is 0 Å². The lowest BCUT2D eigenvalue weighted by atomic mass is 9.83. The second-order valence-corrected chi connectivity index (χ2v) is 5.31. The average molecular weight is 250 g/mol. The van der Waals surface area contributed by atoms with E-state index in [9.17, 15) is 4.39 Å². The van der Waals surface area contributed by atoms with Crippen LogP contribution in [0.25, 0.3) is 0 Å². The second kappa shape index (κ2) is 6.83. The van der Waals surface area contributed by atoms with Crippen LogP contribution in [0.3, 0.4) is 0 Å². The van der Waals surface area contributed by atoms with Crippen molar-refractivity contribution < 1.29 is 4.39 Å². The maximum absolute atomic E-state index is 13.3. The van der Waals surface area contributed by atoms with Gasteiger partial charge in [-0.25, -0.2) is 4.39 Å². The van der Waals surface area contributed by atoms with Crippen molar-refractivity contribution in [1.82, 2.24) is 10.3 Å². The van der Waals surface area contributed by atoms with E-state index in [-0.39, 0.29) is 11.9 Å². The summed E-state index contributed by atoms with van der Waals surface area (Å²) in [5.74, 6) is 0.373. The number of aromatic nitrogens is 1. The van der Waals surface area contributed by atoms with E-state index in [2.05, 4.69) is 10.3 Å². The molecule has 1 aromatic rings. The molecule has 0 saturated heterocycles. The average Bonchev–Trinajstić information content (AvgIpc) is 2.32. The van der Waals surface area contributed by atoms with Gasteiger partial charge in [0.2, 0.25) is 0 Å². The molecule has 0 radical (unpaired) electrons. The Hall–Kier alpha value is -0.960. The summed E-state index contributed by atoms with van der Waals surface area (Å²) < 4.78 is 13.3. The molecule has 1 N–H and O–H groups in total. The summed E-state index contributed by atoms with van der Waals surface area (Å²) in [6.45, 7) is 0. The van der Waals surface area contributed by atoms with E-state index in [0.29, 0.717) is 5.92 Å². The summed E-state index contributed by atoms with van der Waals surface area (Å²) in [4.78, 5) is 3.97. The van der Waals surface area contributed by atoms with Crippen molar-refractivity contribution in [1.29, 1.82) is 0 Å². The zero-order valence-electron chi connectivity index (χ0n) is 11.2. The molecule has 0 amide bonds. The predicted molar refractivity (Wildman–Crippen MR) is 71.8 cm³/mol. The molecule has 1 aliphatic carbocycles. The largest absolute Gasteiger partial charge is 0.313 e. The highest BCUT2D eigenvalue weighted by Gasteiger charge is 2.22. The lowest BCUT2D eigenvalue weighted by molar-refractivity contribution is 0.298. The fourth-order valence-corrected chi connectivity index (χ4v) is 3.09. The zero-order valence-corrected chi connectivity index (χ0v) is 11.2. The number of halogens is 1. The highest BCUT2D eigenvalue weighted by atomic mass is 19.1. The molecule has 0 aromatic carbocycles. The number of hydrogen-bond donors (Lipinski definition) is 1. The SMILES string of the molecule is CNC(c1cncc(F)c1)C1CCCCCCC1. The van der Waals surface area contributed by atoms with Crippen molar-refractivity contribution in [2.45, 2.75) is 51.0 Å². The molecule has 1 aliphatic rings. The van der Waals surface area contributed by atoms with E-state index in [1.165, 1.54) is 51.1 Å². The van der Waals surface area contributed by atoms with Crippen LogP contribution in [0.15, 0.2) is 18.5 Å². The standard InChI is InChI=1S/C15H23FN2/c1-17-15(13-9-14(16)11-18-10-13)12-7-5-3-2-4-6-8-12/h9-12,15,17H,2-8H2,1H3. The Morgan fingerprint density at radius 2 is 1.83 bits per heavy atom. The number of nitrogens with zero attached hydrogens (tertiary/aromatic N) is 1. The molecule has 1 heterocycles. The maximum atomic E-state index is 13.3. The van der Waals surface area contributed by atoms with Crippen LogP contribution in [0.1, 0.15) is 56.6 Å². The maximum Gasteiger partial charge on any atom is 0.141 e. The summed E-state index contributed by atoms with van der Waals surface area (Å²) in [6, 6.07) is 1.86. The van der Waals surface area contributed by atoms with Crippen molar-refractivity contribution >= 4 is 0 Å². The minimum Gasteiger partial charge on any atom is -0.313 e. The van der Waals surface area contributed by atoms with Gasteiger partial charge in [0.25, 0.3) is 0 Å². The molecular formula is C15H23FN2. The fraction of sp³-hybridized carbons (Fsp3) is 0.667. The van der Waals surface area contributed by atoms with E-state index in [0.717, 1.165) is 5.56 Å². The molecule has 100 valence electrons. The van der Waals surface area contributed by atoms with E-state index in [1.807, 2.05) is 7.05 Å². The quantitative estimate of drug-likeness (QED) is 0.881. The minimum atomic E-state index is -0.237. The Morgan fingerprint density at radius 1 is 1.17 bits per heavy atom. The minimum absolute atomic E-state index is 0.237. The van der Waals surface area contributed by atoms with Crippen LogP contribution in [0, 0.1) is 11.7 Å². The Bertz CT molecular complexity index is 359. The Kier molecular flexibility index (Phi) is 5.12. The van der Waals surface area contributed by atoms with Gasteiger partial charge in [-0.1, -0.05) is 32.1 Å².